The van der Waals surface area contributed by atoms with Gasteiger partial charge >= 0.3 is 15.6 Å². The Morgan fingerprint density at radius 3 is 2.69 bits per heavy atom. The quantitative estimate of drug-likeness (QED) is 0.159. The first-order chi connectivity index (χ1) is 22.8. The van der Waals surface area contributed by atoms with Gasteiger partial charge in [-0.25, -0.2) is 29.1 Å². The van der Waals surface area contributed by atoms with Crippen LogP contribution in [0.15, 0.2) is 22.8 Å². The van der Waals surface area contributed by atoms with Gasteiger partial charge in [0.25, 0.3) is 5.56 Å². The van der Waals surface area contributed by atoms with Crippen molar-refractivity contribution in [2.75, 3.05) is 31.8 Å². The Labute approximate surface area is 273 Å². The first-order valence-electron chi connectivity index (χ1n) is 14.7. The number of aliphatic hydroxyl groups excluding tert-OH is 1. The van der Waals surface area contributed by atoms with Crippen molar-refractivity contribution in [2.24, 2.45) is 11.3 Å². The summed E-state index contributed by atoms with van der Waals surface area (Å²) in [6, 6.07) is -0.810. The summed E-state index contributed by atoms with van der Waals surface area (Å²) in [6.07, 6.45) is -4.19. The number of nitrogens with two attached hydrogens (primary N) is 2. The molecule has 8 rings (SSSR count). The lowest BCUT2D eigenvalue weighted by Crippen LogP contribution is -2.50. The van der Waals surface area contributed by atoms with Gasteiger partial charge in [0.05, 0.1) is 41.4 Å². The molecule has 23 heteroatoms. The lowest BCUT2D eigenvalue weighted by molar-refractivity contribution is -0.101. The Balaban J connectivity index is 1.17. The van der Waals surface area contributed by atoms with Crippen molar-refractivity contribution in [2.45, 2.75) is 55.5 Å². The third-order valence-electron chi connectivity index (χ3n) is 9.76. The highest BCUT2D eigenvalue weighted by molar-refractivity contribution is 7.47. The van der Waals surface area contributed by atoms with Crippen LogP contribution in [0.3, 0.4) is 0 Å². The number of aliphatic hydroxyl groups is 1. The number of fused-ring (bicyclic) bond motifs is 4. The Kier molecular flexibility index (Phi) is 7.61. The number of hydrogen-bond donors (Lipinski definition) is 6. The van der Waals surface area contributed by atoms with Gasteiger partial charge < -0.3 is 40.4 Å². The number of hydrogen-bond acceptors (Lipinski definition) is 17. The van der Waals surface area contributed by atoms with Gasteiger partial charge in [0.15, 0.2) is 11.5 Å². The number of aromatic nitrogens is 6. The van der Waals surface area contributed by atoms with Crippen molar-refractivity contribution < 1.29 is 51.6 Å². The van der Waals surface area contributed by atoms with Crippen LogP contribution in [0, 0.1) is 11.3 Å². The van der Waals surface area contributed by atoms with E-state index in [1.807, 2.05) is 0 Å². The molecule has 48 heavy (non-hydrogen) atoms. The molecule has 11 atom stereocenters. The third kappa shape index (κ3) is 4.96. The third-order valence-corrected chi connectivity index (χ3v) is 12.7. The number of nitrogen functional groups attached to an aromatic ring is 2. The normalized spacial score (nSPS) is 40.1. The zero-order chi connectivity index (χ0) is 33.7. The Hall–Kier alpha value is -2.91. The van der Waals surface area contributed by atoms with E-state index < -0.39 is 88.4 Å². The van der Waals surface area contributed by atoms with Gasteiger partial charge in [0.1, 0.15) is 48.5 Å². The highest BCUT2D eigenvalue weighted by Gasteiger charge is 2.68. The molecule has 2 bridgehead atoms. The molecule has 0 radical (unpaired) electrons. The number of imidazole rings is 1. The summed E-state index contributed by atoms with van der Waals surface area (Å²) in [7, 11) is -8.62. The summed E-state index contributed by atoms with van der Waals surface area (Å²) in [5, 5.41) is 13.4. The number of ether oxygens (including phenoxy) is 2. The molecule has 4 aliphatic rings. The van der Waals surface area contributed by atoms with Gasteiger partial charge in [0.2, 0.25) is 5.95 Å². The van der Waals surface area contributed by atoms with Crippen LogP contribution in [-0.4, -0.2) is 95.2 Å². The summed E-state index contributed by atoms with van der Waals surface area (Å²) in [4.78, 5) is 54.1. The molecule has 2 saturated carbocycles. The van der Waals surface area contributed by atoms with Crippen LogP contribution in [-0.2, 0) is 36.7 Å². The van der Waals surface area contributed by atoms with E-state index in [0.717, 1.165) is 11.3 Å². The van der Waals surface area contributed by atoms with Gasteiger partial charge in [-0.05, 0) is 18.8 Å². The first-order valence-corrected chi connectivity index (χ1v) is 18.6. The standard InChI is InChI=1S/C25H30N8O12P2S/c1-40-16-11-4-41-46(36,37)45-20-15(34)14(33-8-30-13-21(26)28-7-29-22(13)33)10-2-3-25(10,20)6-42-47(38,39)44-17(16)18(43-11)19-12-9(5-48-19)23(35)32-24(27)31-12/h5,7-8,10-11,14-18,20,34H,2-4,6H2,1H3,(H,36,37)(H,38,39)(H2,26,28,29)(H3,27,31,32,35)/t10-,11-,14-,15+,16-,17-,18-,20+,25+/m1/s1. The van der Waals surface area contributed by atoms with Crippen LogP contribution in [0.25, 0.3) is 22.1 Å². The number of anilines is 2. The van der Waals surface area contributed by atoms with E-state index in [4.69, 9.17) is 39.0 Å². The predicted molar refractivity (Wildman–Crippen MR) is 164 cm³/mol. The van der Waals surface area contributed by atoms with Crippen molar-refractivity contribution in [1.82, 2.24) is 29.5 Å². The summed E-state index contributed by atoms with van der Waals surface area (Å²) < 4.78 is 63.1. The van der Waals surface area contributed by atoms with E-state index in [-0.39, 0.29) is 22.7 Å². The van der Waals surface area contributed by atoms with Crippen molar-refractivity contribution in [3.8, 4) is 0 Å². The highest BCUT2D eigenvalue weighted by Crippen LogP contribution is 2.67. The average Bonchev–Trinajstić information content (AvgIpc) is 3.75. The number of phosphoric acid groups is 2. The molecular weight excluding hydrogens is 698 g/mol. The van der Waals surface area contributed by atoms with Crippen LogP contribution in [0.2, 0.25) is 0 Å². The molecule has 6 heterocycles. The molecule has 4 aromatic heterocycles. The summed E-state index contributed by atoms with van der Waals surface area (Å²) >= 11 is 1.07. The first kappa shape index (κ1) is 32.3. The van der Waals surface area contributed by atoms with Crippen LogP contribution < -0.4 is 17.0 Å². The summed E-state index contributed by atoms with van der Waals surface area (Å²) in [5.74, 6) is -0.542. The number of H-pyrrole nitrogens is 1. The highest BCUT2D eigenvalue weighted by atomic mass is 32.1. The van der Waals surface area contributed by atoms with E-state index in [9.17, 15) is 28.8 Å². The minimum atomic E-state index is -4.96. The van der Waals surface area contributed by atoms with Crippen molar-refractivity contribution in [3.05, 3.63) is 33.3 Å². The molecule has 2 saturated heterocycles. The summed E-state index contributed by atoms with van der Waals surface area (Å²) in [6.45, 7) is -1.11. The largest absolute Gasteiger partial charge is 0.472 e. The molecule has 8 N–H and O–H groups in total. The van der Waals surface area contributed by atoms with Crippen molar-refractivity contribution in [3.63, 3.8) is 0 Å². The zero-order valence-corrected chi connectivity index (χ0v) is 27.5. The van der Waals surface area contributed by atoms with Crippen LogP contribution >= 0.6 is 27.0 Å². The second-order valence-corrected chi connectivity index (χ2v) is 15.9. The fourth-order valence-corrected chi connectivity index (χ4v) is 10.6. The van der Waals surface area contributed by atoms with Crippen LogP contribution in [0.5, 0.6) is 0 Å². The second kappa shape index (κ2) is 11.3. The van der Waals surface area contributed by atoms with E-state index in [1.54, 1.807) is 4.57 Å². The summed E-state index contributed by atoms with van der Waals surface area (Å²) in [5.41, 5.74) is 10.8. The topological polar surface area (TPSA) is 292 Å². The maximum absolute atomic E-state index is 13.7. The minimum Gasteiger partial charge on any atom is -0.388 e. The van der Waals surface area contributed by atoms with E-state index in [2.05, 4.69) is 24.9 Å². The maximum atomic E-state index is 13.7. The number of nitrogens with one attached hydrogen (secondary N) is 1. The van der Waals surface area contributed by atoms with Gasteiger partial charge in [-0.15, -0.1) is 11.3 Å². The molecule has 0 amide bonds. The van der Waals surface area contributed by atoms with Gasteiger partial charge in [-0.1, -0.05) is 0 Å². The van der Waals surface area contributed by atoms with Gasteiger partial charge in [-0.2, -0.15) is 0 Å². The second-order valence-electron chi connectivity index (χ2n) is 12.2. The SMILES string of the molecule is CO[C@H]1[C@H]2OP(=O)(O)OC[C@@]34CC[C@@H]3[C@@H](n3cnc5c(N)ncnc53)[C@H](O)[C@@H]4OP(=O)(O)OC[C@H]1O[C@H]2c1scc2c(=O)[nH]c(N)nc12. The number of aromatic amines is 1. The smallest absolute Gasteiger partial charge is 0.388 e. The molecule has 20 nitrogen and oxygen atoms in total. The molecular formula is C25H30N8O12P2S. The molecule has 4 aromatic rings. The van der Waals surface area contributed by atoms with E-state index >= 15 is 0 Å². The fourth-order valence-electron chi connectivity index (χ4n) is 7.56. The molecule has 258 valence electrons. The lowest BCUT2D eigenvalue weighted by atomic mass is 9.60. The molecule has 0 aromatic carbocycles. The number of thiophene rings is 1. The Morgan fingerprint density at radius 1 is 1.15 bits per heavy atom. The zero-order valence-electron chi connectivity index (χ0n) is 24.9. The van der Waals surface area contributed by atoms with Gasteiger partial charge in [0, 0.05) is 17.9 Å². The Bertz CT molecular complexity index is 2080. The Morgan fingerprint density at radius 2 is 1.94 bits per heavy atom. The van der Waals surface area contributed by atoms with Gasteiger partial charge in [-0.3, -0.25) is 27.9 Å². The van der Waals surface area contributed by atoms with Crippen molar-refractivity contribution in [1.29, 1.82) is 0 Å². The average molecular weight is 729 g/mol. The van der Waals surface area contributed by atoms with Crippen LogP contribution in [0.4, 0.5) is 11.8 Å². The van der Waals surface area contributed by atoms with Crippen LogP contribution in [0.1, 0.15) is 29.9 Å². The molecule has 1 spiro atoms. The predicted octanol–water partition coefficient (Wildman–Crippen LogP) is 0.774. The number of methoxy groups -OCH3 is 1. The number of rotatable bonds is 3. The molecule has 4 fully saturated rings. The molecule has 2 aliphatic carbocycles. The van der Waals surface area contributed by atoms with E-state index in [0.29, 0.717) is 28.9 Å². The molecule has 2 aliphatic heterocycles. The maximum Gasteiger partial charge on any atom is 0.472 e. The number of phosphoric ester groups is 2. The minimum absolute atomic E-state index is 0.120. The fraction of sp³-hybridized carbons (Fsp3) is 0.560. The number of nitrogens with zero attached hydrogens (tertiary/aromatic N) is 5. The van der Waals surface area contributed by atoms with E-state index in [1.165, 1.54) is 25.1 Å². The lowest BCUT2D eigenvalue weighted by Gasteiger charge is -2.48. The van der Waals surface area contributed by atoms with Crippen molar-refractivity contribution >= 4 is 60.8 Å². The molecule has 2 unspecified atom stereocenters. The monoisotopic (exact) mass is 728 g/mol.